The molecule has 2 aromatic carbocycles. The van der Waals surface area contributed by atoms with E-state index in [1.165, 1.54) is 17.7 Å². The largest absolute Gasteiger partial charge is 0.347 e. The predicted octanol–water partition coefficient (Wildman–Crippen LogP) is 1.83. The molecule has 142 valence electrons. The Balaban J connectivity index is 1.39. The summed E-state index contributed by atoms with van der Waals surface area (Å²) >= 11 is 0. The molecule has 3 rings (SSSR count). The molecule has 27 heavy (non-hydrogen) atoms. The Morgan fingerprint density at radius 2 is 1.56 bits per heavy atom. The summed E-state index contributed by atoms with van der Waals surface area (Å²) in [5, 5.41) is 2.66. The molecule has 1 N–H and O–H groups in total. The van der Waals surface area contributed by atoms with Crippen molar-refractivity contribution in [2.24, 2.45) is 0 Å². The van der Waals surface area contributed by atoms with E-state index in [1.54, 1.807) is 17.0 Å². The SMILES string of the molecule is O=C(NCCc1ccc(F)cc1)C(=O)N1CCN(Cc2ccccc2)CC1. The van der Waals surface area contributed by atoms with Gasteiger partial charge in [0.1, 0.15) is 5.82 Å². The first kappa shape index (κ1) is 19.0. The van der Waals surface area contributed by atoms with Crippen LogP contribution in [0.4, 0.5) is 4.39 Å². The third-order valence-electron chi connectivity index (χ3n) is 4.72. The van der Waals surface area contributed by atoms with Crippen molar-refractivity contribution in [3.05, 3.63) is 71.5 Å². The number of benzene rings is 2. The molecule has 5 nitrogen and oxygen atoms in total. The number of rotatable bonds is 5. The van der Waals surface area contributed by atoms with Crippen molar-refractivity contribution in [1.29, 1.82) is 0 Å². The van der Waals surface area contributed by atoms with Crippen LogP contribution in [0.1, 0.15) is 11.1 Å². The first-order valence-electron chi connectivity index (χ1n) is 9.19. The van der Waals surface area contributed by atoms with E-state index in [4.69, 9.17) is 0 Å². The summed E-state index contributed by atoms with van der Waals surface area (Å²) in [5.74, 6) is -1.34. The third kappa shape index (κ3) is 5.62. The van der Waals surface area contributed by atoms with Crippen LogP contribution in [0.25, 0.3) is 0 Å². The molecule has 2 amide bonds. The second kappa shape index (κ2) is 9.28. The Labute approximate surface area is 158 Å². The zero-order valence-electron chi connectivity index (χ0n) is 15.2. The summed E-state index contributed by atoms with van der Waals surface area (Å²) in [6, 6.07) is 16.3. The minimum atomic E-state index is -0.575. The smallest absolute Gasteiger partial charge is 0.311 e. The monoisotopic (exact) mass is 369 g/mol. The van der Waals surface area contributed by atoms with Gasteiger partial charge in [0.15, 0.2) is 0 Å². The molecule has 1 saturated heterocycles. The zero-order chi connectivity index (χ0) is 19.1. The van der Waals surface area contributed by atoms with Crippen molar-refractivity contribution < 1.29 is 14.0 Å². The molecule has 1 fully saturated rings. The van der Waals surface area contributed by atoms with Crippen LogP contribution in [0.2, 0.25) is 0 Å². The van der Waals surface area contributed by atoms with E-state index >= 15 is 0 Å². The second-order valence-electron chi connectivity index (χ2n) is 6.69. The average Bonchev–Trinajstić information content (AvgIpc) is 2.70. The second-order valence-corrected chi connectivity index (χ2v) is 6.69. The highest BCUT2D eigenvalue weighted by atomic mass is 19.1. The molecule has 0 bridgehead atoms. The van der Waals surface area contributed by atoms with Crippen LogP contribution in [-0.4, -0.2) is 54.3 Å². The number of hydrogen-bond acceptors (Lipinski definition) is 3. The van der Waals surface area contributed by atoms with Gasteiger partial charge in [-0.05, 0) is 29.7 Å². The van der Waals surface area contributed by atoms with E-state index in [0.717, 1.165) is 25.2 Å². The van der Waals surface area contributed by atoms with E-state index in [9.17, 15) is 14.0 Å². The van der Waals surface area contributed by atoms with Crippen LogP contribution >= 0.6 is 0 Å². The van der Waals surface area contributed by atoms with Crippen LogP contribution in [-0.2, 0) is 22.6 Å². The van der Waals surface area contributed by atoms with Gasteiger partial charge in [-0.25, -0.2) is 4.39 Å². The molecule has 1 aliphatic heterocycles. The molecule has 0 aliphatic carbocycles. The van der Waals surface area contributed by atoms with Gasteiger partial charge in [0.25, 0.3) is 0 Å². The van der Waals surface area contributed by atoms with Gasteiger partial charge < -0.3 is 10.2 Å². The lowest BCUT2D eigenvalue weighted by Crippen LogP contribution is -2.52. The molecule has 1 aliphatic rings. The van der Waals surface area contributed by atoms with Crippen molar-refractivity contribution in [1.82, 2.24) is 15.1 Å². The van der Waals surface area contributed by atoms with Crippen molar-refractivity contribution >= 4 is 11.8 Å². The first-order chi connectivity index (χ1) is 13.1. The number of hydrogen-bond donors (Lipinski definition) is 1. The highest BCUT2D eigenvalue weighted by molar-refractivity contribution is 6.35. The van der Waals surface area contributed by atoms with Crippen molar-refractivity contribution in [3.8, 4) is 0 Å². The fourth-order valence-corrected chi connectivity index (χ4v) is 3.14. The van der Waals surface area contributed by atoms with E-state index < -0.39 is 11.8 Å². The highest BCUT2D eigenvalue weighted by Crippen LogP contribution is 2.08. The van der Waals surface area contributed by atoms with Gasteiger partial charge >= 0.3 is 11.8 Å². The minimum absolute atomic E-state index is 0.288. The van der Waals surface area contributed by atoms with Gasteiger partial charge in [-0.1, -0.05) is 42.5 Å². The molecule has 0 unspecified atom stereocenters. The van der Waals surface area contributed by atoms with E-state index in [0.29, 0.717) is 26.1 Å². The lowest BCUT2D eigenvalue weighted by Gasteiger charge is -2.34. The summed E-state index contributed by atoms with van der Waals surface area (Å²) in [7, 11) is 0. The maximum atomic E-state index is 12.9. The van der Waals surface area contributed by atoms with Crippen LogP contribution in [0.15, 0.2) is 54.6 Å². The number of halogens is 1. The Bertz CT molecular complexity index is 757. The van der Waals surface area contributed by atoms with Gasteiger partial charge in [-0.3, -0.25) is 14.5 Å². The minimum Gasteiger partial charge on any atom is -0.347 e. The van der Waals surface area contributed by atoms with E-state index in [1.807, 2.05) is 18.2 Å². The summed E-state index contributed by atoms with van der Waals surface area (Å²) < 4.78 is 12.9. The number of nitrogens with one attached hydrogen (secondary N) is 1. The van der Waals surface area contributed by atoms with Crippen molar-refractivity contribution in [3.63, 3.8) is 0 Å². The van der Waals surface area contributed by atoms with Crippen LogP contribution in [0.3, 0.4) is 0 Å². The van der Waals surface area contributed by atoms with Crippen molar-refractivity contribution in [2.75, 3.05) is 32.7 Å². The van der Waals surface area contributed by atoms with E-state index in [2.05, 4.69) is 22.3 Å². The maximum absolute atomic E-state index is 12.9. The van der Waals surface area contributed by atoms with Crippen LogP contribution in [0.5, 0.6) is 0 Å². The van der Waals surface area contributed by atoms with Crippen LogP contribution in [0, 0.1) is 5.82 Å². The maximum Gasteiger partial charge on any atom is 0.311 e. The quantitative estimate of drug-likeness (QED) is 0.818. The number of carbonyl (C=O) groups excluding carboxylic acids is 2. The van der Waals surface area contributed by atoms with E-state index in [-0.39, 0.29) is 5.82 Å². The molecule has 0 saturated carbocycles. The summed E-state index contributed by atoms with van der Waals surface area (Å²) in [6.45, 7) is 3.82. The Morgan fingerprint density at radius 3 is 2.22 bits per heavy atom. The Kier molecular flexibility index (Phi) is 6.54. The lowest BCUT2D eigenvalue weighted by molar-refractivity contribution is -0.147. The molecule has 0 atom stereocenters. The molecule has 0 aromatic heterocycles. The predicted molar refractivity (Wildman–Crippen MR) is 101 cm³/mol. The summed E-state index contributed by atoms with van der Waals surface area (Å²) in [5.41, 5.74) is 2.16. The normalized spacial score (nSPS) is 14.8. The molecular weight excluding hydrogens is 345 g/mol. The van der Waals surface area contributed by atoms with Gasteiger partial charge in [0.05, 0.1) is 0 Å². The first-order valence-corrected chi connectivity index (χ1v) is 9.19. The van der Waals surface area contributed by atoms with Crippen LogP contribution < -0.4 is 5.32 Å². The lowest BCUT2D eigenvalue weighted by atomic mass is 10.1. The zero-order valence-corrected chi connectivity index (χ0v) is 15.2. The molecular formula is C21H24FN3O2. The molecule has 0 spiro atoms. The molecule has 0 radical (unpaired) electrons. The highest BCUT2D eigenvalue weighted by Gasteiger charge is 2.25. The Morgan fingerprint density at radius 1 is 0.889 bits per heavy atom. The number of nitrogens with zero attached hydrogens (tertiary/aromatic N) is 2. The number of amides is 2. The number of carbonyl (C=O) groups is 2. The third-order valence-corrected chi connectivity index (χ3v) is 4.72. The fourth-order valence-electron chi connectivity index (χ4n) is 3.14. The van der Waals surface area contributed by atoms with Gasteiger partial charge in [0.2, 0.25) is 0 Å². The molecule has 6 heteroatoms. The molecule has 1 heterocycles. The standard InChI is InChI=1S/C21H24FN3O2/c22-19-8-6-17(7-9-19)10-11-23-20(26)21(27)25-14-12-24(13-15-25)16-18-4-2-1-3-5-18/h1-9H,10-16H2,(H,23,26). The topological polar surface area (TPSA) is 52.7 Å². The number of piperazine rings is 1. The average molecular weight is 369 g/mol. The fraction of sp³-hybridized carbons (Fsp3) is 0.333. The summed E-state index contributed by atoms with van der Waals surface area (Å²) in [6.07, 6.45) is 0.560. The summed E-state index contributed by atoms with van der Waals surface area (Å²) in [4.78, 5) is 28.3. The van der Waals surface area contributed by atoms with Gasteiger partial charge in [0, 0.05) is 39.3 Å². The Hall–Kier alpha value is -2.73. The van der Waals surface area contributed by atoms with Gasteiger partial charge in [-0.15, -0.1) is 0 Å². The molecule has 2 aromatic rings. The van der Waals surface area contributed by atoms with Gasteiger partial charge in [-0.2, -0.15) is 0 Å². The van der Waals surface area contributed by atoms with Crippen molar-refractivity contribution in [2.45, 2.75) is 13.0 Å².